The number of halogens is 1. The lowest BCUT2D eigenvalue weighted by Gasteiger charge is -2.22. The molecule has 0 radical (unpaired) electrons. The average molecular weight is 452 g/mol. The Hall–Kier alpha value is -2.55. The van der Waals surface area contributed by atoms with Gasteiger partial charge in [-0.25, -0.2) is 17.2 Å². The van der Waals surface area contributed by atoms with Crippen LogP contribution in [0.1, 0.15) is 19.5 Å². The maximum Gasteiger partial charge on any atom is 0.337 e. The van der Waals surface area contributed by atoms with Gasteiger partial charge in [-0.2, -0.15) is 0 Å². The van der Waals surface area contributed by atoms with Crippen molar-refractivity contribution in [1.29, 1.82) is 0 Å². The predicted octanol–water partition coefficient (Wildman–Crippen LogP) is 4.01. The lowest BCUT2D eigenvalue weighted by atomic mass is 10.1. The van der Waals surface area contributed by atoms with Crippen LogP contribution in [0, 0.1) is 0 Å². The highest BCUT2D eigenvalue weighted by atomic mass is 35.5. The molecule has 30 heavy (non-hydrogen) atoms. The first-order valence-electron chi connectivity index (χ1n) is 9.02. The molecule has 7 nitrogen and oxygen atoms in total. The summed E-state index contributed by atoms with van der Waals surface area (Å²) in [6.07, 6.45) is 0. The molecule has 0 amide bonds. The van der Waals surface area contributed by atoms with Gasteiger partial charge in [-0.3, -0.25) is 0 Å². The highest BCUT2D eigenvalue weighted by Gasteiger charge is 2.31. The maximum atomic E-state index is 13.5. The molecular weight excluding hydrogens is 430 g/mol. The minimum atomic E-state index is -3.96. The predicted molar refractivity (Wildman–Crippen MR) is 113 cm³/mol. The van der Waals surface area contributed by atoms with E-state index in [2.05, 4.69) is 0 Å². The smallest absolute Gasteiger partial charge is 0.337 e. The zero-order valence-electron chi connectivity index (χ0n) is 17.0. The molecule has 0 atom stereocenters. The molecule has 0 saturated carbocycles. The minimum Gasteiger partial charge on any atom is -0.497 e. The van der Waals surface area contributed by atoms with Gasteiger partial charge in [-0.15, -0.1) is 0 Å². The van der Waals surface area contributed by atoms with Crippen molar-refractivity contribution in [3.63, 3.8) is 0 Å². The second-order valence-corrected chi connectivity index (χ2v) is 9.30. The van der Waals surface area contributed by atoms with Crippen molar-refractivity contribution in [1.82, 2.24) is 3.97 Å². The molecule has 1 heterocycles. The topological polar surface area (TPSA) is 83.8 Å². The van der Waals surface area contributed by atoms with Gasteiger partial charge in [0.2, 0.25) is 0 Å². The molecule has 3 rings (SSSR count). The first-order chi connectivity index (χ1) is 14.1. The number of methoxy groups -OCH3 is 2. The van der Waals surface area contributed by atoms with E-state index in [0.29, 0.717) is 27.4 Å². The summed E-state index contributed by atoms with van der Waals surface area (Å²) < 4.78 is 43.7. The van der Waals surface area contributed by atoms with Crippen molar-refractivity contribution in [3.05, 3.63) is 59.2 Å². The molecule has 0 spiro atoms. The molecule has 9 heteroatoms. The van der Waals surface area contributed by atoms with Crippen molar-refractivity contribution in [3.8, 4) is 5.75 Å². The molecule has 3 aromatic rings. The van der Waals surface area contributed by atoms with Gasteiger partial charge in [0, 0.05) is 10.4 Å². The van der Waals surface area contributed by atoms with Gasteiger partial charge in [0.25, 0.3) is 10.0 Å². The normalized spacial score (nSPS) is 12.2. The number of hydrogen-bond acceptors (Lipinski definition) is 6. The monoisotopic (exact) mass is 451 g/mol. The summed E-state index contributed by atoms with van der Waals surface area (Å²) in [5.74, 6) is -0.0207. The van der Waals surface area contributed by atoms with Crippen LogP contribution >= 0.6 is 11.6 Å². The van der Waals surface area contributed by atoms with Gasteiger partial charge < -0.3 is 14.2 Å². The van der Waals surface area contributed by atoms with E-state index in [9.17, 15) is 13.2 Å². The Morgan fingerprint density at radius 3 is 2.33 bits per heavy atom. The van der Waals surface area contributed by atoms with E-state index in [-0.39, 0.29) is 11.5 Å². The quantitative estimate of drug-likeness (QED) is 0.505. The summed E-state index contributed by atoms with van der Waals surface area (Å²) in [5.41, 5.74) is -0.456. The molecule has 0 aliphatic heterocycles. The van der Waals surface area contributed by atoms with Crippen molar-refractivity contribution in [2.45, 2.75) is 31.0 Å². The lowest BCUT2D eigenvalue weighted by molar-refractivity contribution is -0.166. The van der Waals surface area contributed by atoms with Crippen molar-refractivity contribution < 1.29 is 27.4 Å². The highest BCUT2D eigenvalue weighted by molar-refractivity contribution is 7.90. The molecule has 0 bridgehead atoms. The van der Waals surface area contributed by atoms with E-state index in [4.69, 9.17) is 25.8 Å². The van der Waals surface area contributed by atoms with Gasteiger partial charge in [0.1, 0.15) is 5.75 Å². The van der Waals surface area contributed by atoms with E-state index < -0.39 is 21.6 Å². The summed E-state index contributed by atoms with van der Waals surface area (Å²) in [6, 6.07) is 12.7. The van der Waals surface area contributed by atoms with Gasteiger partial charge in [-0.05, 0) is 62.4 Å². The molecule has 2 aromatic carbocycles. The molecule has 1 aromatic heterocycles. The zero-order chi connectivity index (χ0) is 22.1. The SMILES string of the molecule is COC(=O)C(C)(C)OCc1cc2cc(Cl)ccc2n1S(=O)(=O)c1ccc(OC)cc1. The fourth-order valence-electron chi connectivity index (χ4n) is 3.02. The molecule has 0 aliphatic rings. The zero-order valence-corrected chi connectivity index (χ0v) is 18.6. The molecular formula is C21H22ClNO6S. The van der Waals surface area contributed by atoms with Crippen LogP contribution in [0.3, 0.4) is 0 Å². The summed E-state index contributed by atoms with van der Waals surface area (Å²) >= 11 is 6.09. The number of fused-ring (bicyclic) bond motifs is 1. The van der Waals surface area contributed by atoms with Gasteiger partial charge in [-0.1, -0.05) is 11.6 Å². The number of benzene rings is 2. The summed E-state index contributed by atoms with van der Waals surface area (Å²) in [4.78, 5) is 12.0. The van der Waals surface area contributed by atoms with Crippen LogP contribution in [0.15, 0.2) is 53.4 Å². The number of nitrogens with zero attached hydrogens (tertiary/aromatic N) is 1. The molecule has 160 valence electrons. The van der Waals surface area contributed by atoms with Gasteiger partial charge >= 0.3 is 5.97 Å². The number of esters is 1. The standard InChI is InChI=1S/C21H22ClNO6S/c1-21(2,20(24)28-4)29-13-16-12-14-11-15(22)5-10-19(14)23(16)30(25,26)18-8-6-17(27-3)7-9-18/h5-12H,13H2,1-4H3. The van der Waals surface area contributed by atoms with Crippen LogP contribution in [0.4, 0.5) is 0 Å². The van der Waals surface area contributed by atoms with Crippen LogP contribution in [-0.4, -0.2) is 38.2 Å². The highest BCUT2D eigenvalue weighted by Crippen LogP contribution is 2.30. The van der Waals surface area contributed by atoms with E-state index in [1.165, 1.54) is 30.3 Å². The van der Waals surface area contributed by atoms with Gasteiger partial charge in [0.05, 0.1) is 36.9 Å². The summed E-state index contributed by atoms with van der Waals surface area (Å²) in [5, 5.41) is 1.11. The average Bonchev–Trinajstić information content (AvgIpc) is 3.09. The fraction of sp³-hybridized carbons (Fsp3) is 0.286. The second-order valence-electron chi connectivity index (χ2n) is 7.07. The number of aromatic nitrogens is 1. The van der Waals surface area contributed by atoms with E-state index in [1.54, 1.807) is 50.2 Å². The fourth-order valence-corrected chi connectivity index (χ4v) is 4.73. The van der Waals surface area contributed by atoms with Crippen LogP contribution in [0.25, 0.3) is 10.9 Å². The third-order valence-corrected chi connectivity index (χ3v) is 6.66. The molecule has 0 unspecified atom stereocenters. The van der Waals surface area contributed by atoms with Crippen LogP contribution < -0.4 is 4.74 Å². The largest absolute Gasteiger partial charge is 0.497 e. The third-order valence-electron chi connectivity index (χ3n) is 4.65. The summed E-state index contributed by atoms with van der Waals surface area (Å²) in [6.45, 7) is 2.98. The van der Waals surface area contributed by atoms with Crippen molar-refractivity contribution in [2.24, 2.45) is 0 Å². The number of carbonyl (C=O) groups is 1. The van der Waals surface area contributed by atoms with E-state index >= 15 is 0 Å². The number of rotatable bonds is 7. The van der Waals surface area contributed by atoms with Crippen LogP contribution in [0.5, 0.6) is 5.75 Å². The Morgan fingerprint density at radius 1 is 1.07 bits per heavy atom. The van der Waals surface area contributed by atoms with Gasteiger partial charge in [0.15, 0.2) is 5.60 Å². The van der Waals surface area contributed by atoms with Crippen LogP contribution in [-0.2, 0) is 30.9 Å². The maximum absolute atomic E-state index is 13.5. The minimum absolute atomic E-state index is 0.0872. The lowest BCUT2D eigenvalue weighted by Crippen LogP contribution is -2.36. The Kier molecular flexibility index (Phi) is 6.12. The van der Waals surface area contributed by atoms with E-state index in [0.717, 1.165) is 0 Å². The number of hydrogen-bond donors (Lipinski definition) is 0. The number of carbonyl (C=O) groups excluding carboxylic acids is 1. The molecule has 0 aliphatic carbocycles. The first-order valence-corrected chi connectivity index (χ1v) is 10.8. The van der Waals surface area contributed by atoms with Crippen molar-refractivity contribution >= 4 is 38.5 Å². The Labute approximate surface area is 180 Å². The van der Waals surface area contributed by atoms with Crippen LogP contribution in [0.2, 0.25) is 5.02 Å². The molecule has 0 fully saturated rings. The van der Waals surface area contributed by atoms with E-state index in [1.807, 2.05) is 0 Å². The third kappa shape index (κ3) is 4.16. The first kappa shape index (κ1) is 22.1. The summed E-state index contributed by atoms with van der Waals surface area (Å²) in [7, 11) is -1.19. The number of ether oxygens (including phenoxy) is 3. The molecule has 0 N–H and O–H groups in total. The molecule has 0 saturated heterocycles. The van der Waals surface area contributed by atoms with Crippen molar-refractivity contribution in [2.75, 3.05) is 14.2 Å². The Balaban J connectivity index is 2.11. The Morgan fingerprint density at radius 2 is 1.73 bits per heavy atom. The Bertz CT molecular complexity index is 1180. The second kappa shape index (κ2) is 8.29.